The monoisotopic (exact) mass is 501 g/mol. The van der Waals surface area contributed by atoms with E-state index in [1.807, 2.05) is 24.3 Å². The Bertz CT molecular complexity index is 1240. The van der Waals surface area contributed by atoms with Crippen LogP contribution in [0.3, 0.4) is 0 Å². The maximum Gasteiger partial charge on any atom is 0.322 e. The second kappa shape index (κ2) is 10.5. The number of halogens is 1. The van der Waals surface area contributed by atoms with E-state index in [9.17, 15) is 13.2 Å². The van der Waals surface area contributed by atoms with Crippen molar-refractivity contribution in [3.05, 3.63) is 88.6 Å². The van der Waals surface area contributed by atoms with E-state index in [2.05, 4.69) is 31.1 Å². The highest BCUT2D eigenvalue weighted by atomic mass is 35.5. The molecule has 0 aliphatic carbocycles. The van der Waals surface area contributed by atoms with Gasteiger partial charge in [0.1, 0.15) is 12.4 Å². The topological polar surface area (TPSA) is 99.6 Å². The molecular formula is C25H28ClN3O4S. The zero-order chi connectivity index (χ0) is 24.9. The van der Waals surface area contributed by atoms with E-state index >= 15 is 0 Å². The van der Waals surface area contributed by atoms with Crippen LogP contribution < -0.4 is 5.32 Å². The third-order valence-corrected chi connectivity index (χ3v) is 7.25. The van der Waals surface area contributed by atoms with Crippen LogP contribution >= 0.6 is 11.6 Å². The Morgan fingerprint density at radius 2 is 1.65 bits per heavy atom. The highest BCUT2D eigenvalue weighted by Crippen LogP contribution is 2.25. The Kier molecular flexibility index (Phi) is 7.97. The van der Waals surface area contributed by atoms with Crippen molar-refractivity contribution >= 4 is 33.4 Å². The molecule has 9 heteroatoms. The number of anilines is 1. The van der Waals surface area contributed by atoms with Crippen LogP contribution in [0.2, 0.25) is 5.02 Å². The number of sulfonamides is 1. The summed E-state index contributed by atoms with van der Waals surface area (Å²) in [4.78, 5) is 15.4. The summed E-state index contributed by atoms with van der Waals surface area (Å²) in [5.41, 5.74) is 2.47. The number of nitrogens with one attached hydrogen (secondary N) is 1. The number of benzene rings is 2. The Hall–Kier alpha value is -2.94. The number of aliphatic carboxylic acids is 1. The number of aromatic nitrogens is 1. The summed E-state index contributed by atoms with van der Waals surface area (Å²) < 4.78 is 28.4. The predicted octanol–water partition coefficient (Wildman–Crippen LogP) is 4.92. The summed E-state index contributed by atoms with van der Waals surface area (Å²) in [6.07, 6.45) is 0. The quantitative estimate of drug-likeness (QED) is 0.431. The molecule has 0 saturated heterocycles. The van der Waals surface area contributed by atoms with Crippen LogP contribution in [-0.4, -0.2) is 35.3 Å². The molecule has 0 spiro atoms. The first-order valence-corrected chi connectivity index (χ1v) is 12.5. The molecule has 0 unspecified atom stereocenters. The lowest BCUT2D eigenvalue weighted by molar-refractivity contribution is -0.134. The van der Waals surface area contributed by atoms with Gasteiger partial charge in [0, 0.05) is 11.6 Å². The number of carbonyl (C=O) groups is 1. The van der Waals surface area contributed by atoms with E-state index in [1.165, 1.54) is 16.4 Å². The standard InChI is InChI=1S/C25H28ClN3O4S/c1-25(2,3)19-9-7-18(8-10-19)16-29(34(32,33)22-13-11-20(26)12-14-22)17-21-5-4-6-23(28-21)27-15-24(30)31/h4-14H,15-17H2,1-3H3,(H,27,28)(H,30,31). The fraction of sp³-hybridized carbons (Fsp3) is 0.280. The maximum absolute atomic E-state index is 13.5. The third-order valence-electron chi connectivity index (χ3n) is 5.20. The van der Waals surface area contributed by atoms with Crippen molar-refractivity contribution < 1.29 is 18.3 Å². The first kappa shape index (κ1) is 25.7. The lowest BCUT2D eigenvalue weighted by atomic mass is 9.87. The molecule has 0 radical (unpaired) electrons. The van der Waals surface area contributed by atoms with Crippen molar-refractivity contribution in [2.24, 2.45) is 0 Å². The van der Waals surface area contributed by atoms with Gasteiger partial charge in [0.25, 0.3) is 0 Å². The van der Waals surface area contributed by atoms with Crippen LogP contribution in [0.5, 0.6) is 0 Å². The molecule has 0 fully saturated rings. The molecule has 3 rings (SSSR count). The number of hydrogen-bond donors (Lipinski definition) is 2. The predicted molar refractivity (Wildman–Crippen MR) is 133 cm³/mol. The molecule has 0 atom stereocenters. The maximum atomic E-state index is 13.5. The molecule has 1 aromatic heterocycles. The summed E-state index contributed by atoms with van der Waals surface area (Å²) in [5, 5.41) is 12.0. The Morgan fingerprint density at radius 3 is 2.24 bits per heavy atom. The van der Waals surface area contributed by atoms with Gasteiger partial charge in [-0.1, -0.05) is 62.7 Å². The number of nitrogens with zero attached hydrogens (tertiary/aromatic N) is 2. The third kappa shape index (κ3) is 6.79. The Labute approximate surface area is 205 Å². The van der Waals surface area contributed by atoms with Gasteiger partial charge in [-0.3, -0.25) is 4.79 Å². The van der Waals surface area contributed by atoms with Gasteiger partial charge in [0.2, 0.25) is 10.0 Å². The first-order valence-electron chi connectivity index (χ1n) is 10.7. The van der Waals surface area contributed by atoms with Crippen LogP contribution in [0.1, 0.15) is 37.6 Å². The molecule has 2 aromatic carbocycles. The smallest absolute Gasteiger partial charge is 0.322 e. The van der Waals surface area contributed by atoms with Crippen molar-refractivity contribution in [2.75, 3.05) is 11.9 Å². The number of pyridine rings is 1. The highest BCUT2D eigenvalue weighted by Gasteiger charge is 2.26. The lowest BCUT2D eigenvalue weighted by Gasteiger charge is -2.23. The summed E-state index contributed by atoms with van der Waals surface area (Å²) in [6, 6.07) is 19.0. The average molecular weight is 502 g/mol. The number of carboxylic acids is 1. The Balaban J connectivity index is 1.93. The molecule has 180 valence electrons. The summed E-state index contributed by atoms with van der Waals surface area (Å²) in [5.74, 6) is -0.656. The number of hydrogen-bond acceptors (Lipinski definition) is 5. The molecule has 0 amide bonds. The SMILES string of the molecule is CC(C)(C)c1ccc(CN(Cc2cccc(NCC(=O)O)n2)S(=O)(=O)c2ccc(Cl)cc2)cc1. The van der Waals surface area contributed by atoms with Gasteiger partial charge < -0.3 is 10.4 Å². The van der Waals surface area contributed by atoms with Crippen LogP contribution in [0, 0.1) is 0 Å². The largest absolute Gasteiger partial charge is 0.480 e. The molecule has 3 aromatic rings. The fourth-order valence-corrected chi connectivity index (χ4v) is 4.83. The van der Waals surface area contributed by atoms with E-state index in [0.29, 0.717) is 16.5 Å². The van der Waals surface area contributed by atoms with Gasteiger partial charge in [0.15, 0.2) is 0 Å². The minimum absolute atomic E-state index is 0.00851. The molecule has 0 saturated carbocycles. The molecule has 2 N–H and O–H groups in total. The normalized spacial score (nSPS) is 12.0. The van der Waals surface area contributed by atoms with Crippen LogP contribution in [0.25, 0.3) is 0 Å². The van der Waals surface area contributed by atoms with Crippen molar-refractivity contribution in [2.45, 2.75) is 44.2 Å². The van der Waals surface area contributed by atoms with E-state index in [-0.39, 0.29) is 29.9 Å². The number of rotatable bonds is 9. The minimum atomic E-state index is -3.87. The van der Waals surface area contributed by atoms with Crippen molar-refractivity contribution in [1.29, 1.82) is 0 Å². The molecule has 0 bridgehead atoms. The average Bonchev–Trinajstić information content (AvgIpc) is 2.77. The second-order valence-electron chi connectivity index (χ2n) is 8.94. The van der Waals surface area contributed by atoms with Crippen molar-refractivity contribution in [1.82, 2.24) is 9.29 Å². The molecule has 1 heterocycles. The van der Waals surface area contributed by atoms with E-state index in [0.717, 1.165) is 11.1 Å². The van der Waals surface area contributed by atoms with E-state index < -0.39 is 16.0 Å². The second-order valence-corrected chi connectivity index (χ2v) is 11.3. The fourth-order valence-electron chi connectivity index (χ4n) is 3.31. The molecule has 0 aliphatic heterocycles. The molecule has 34 heavy (non-hydrogen) atoms. The van der Waals surface area contributed by atoms with Crippen molar-refractivity contribution in [3.8, 4) is 0 Å². The Morgan fingerprint density at radius 1 is 1.00 bits per heavy atom. The summed E-state index contributed by atoms with van der Waals surface area (Å²) in [6.45, 7) is 6.23. The lowest BCUT2D eigenvalue weighted by Crippen LogP contribution is -2.30. The van der Waals surface area contributed by atoms with Gasteiger partial charge >= 0.3 is 5.97 Å². The van der Waals surface area contributed by atoms with Gasteiger partial charge in [-0.05, 0) is 52.9 Å². The summed E-state index contributed by atoms with van der Waals surface area (Å²) >= 11 is 5.95. The highest BCUT2D eigenvalue weighted by molar-refractivity contribution is 7.89. The zero-order valence-corrected chi connectivity index (χ0v) is 20.9. The van der Waals surface area contributed by atoms with Gasteiger partial charge in [0.05, 0.1) is 17.1 Å². The number of carboxylic acid groups (broad SMARTS) is 1. The minimum Gasteiger partial charge on any atom is -0.480 e. The molecule has 0 aliphatic rings. The summed E-state index contributed by atoms with van der Waals surface area (Å²) in [7, 11) is -3.87. The van der Waals surface area contributed by atoms with Gasteiger partial charge in [-0.25, -0.2) is 13.4 Å². The molecule has 7 nitrogen and oxygen atoms in total. The van der Waals surface area contributed by atoms with E-state index in [1.54, 1.807) is 30.3 Å². The van der Waals surface area contributed by atoms with Gasteiger partial charge in [-0.15, -0.1) is 0 Å². The van der Waals surface area contributed by atoms with Crippen LogP contribution in [-0.2, 0) is 33.3 Å². The van der Waals surface area contributed by atoms with Crippen LogP contribution in [0.4, 0.5) is 5.82 Å². The van der Waals surface area contributed by atoms with Crippen molar-refractivity contribution in [3.63, 3.8) is 0 Å². The first-order chi connectivity index (χ1) is 15.9. The van der Waals surface area contributed by atoms with Crippen LogP contribution in [0.15, 0.2) is 71.6 Å². The molecular weight excluding hydrogens is 474 g/mol. The zero-order valence-electron chi connectivity index (χ0n) is 19.3. The van der Waals surface area contributed by atoms with E-state index in [4.69, 9.17) is 16.7 Å². The van der Waals surface area contributed by atoms with Gasteiger partial charge in [-0.2, -0.15) is 4.31 Å².